The number of benzene rings is 1. The van der Waals surface area contributed by atoms with Crippen LogP contribution in [0.5, 0.6) is 0 Å². The van der Waals surface area contributed by atoms with Crippen molar-refractivity contribution in [2.45, 2.75) is 13.3 Å². The molecular formula is C10H11ClFNO2. The summed E-state index contributed by atoms with van der Waals surface area (Å²) in [7, 11) is 0. The van der Waals surface area contributed by atoms with E-state index in [2.05, 4.69) is 0 Å². The average molecular weight is 232 g/mol. The second-order valence-corrected chi connectivity index (χ2v) is 3.36. The Balaban J connectivity index is 3.02. The van der Waals surface area contributed by atoms with Crippen LogP contribution in [0.25, 0.3) is 0 Å². The molecule has 0 radical (unpaired) electrons. The summed E-state index contributed by atoms with van der Waals surface area (Å²) in [5.41, 5.74) is 5.10. The summed E-state index contributed by atoms with van der Waals surface area (Å²) in [6.07, 6.45) is 0.661. The number of nitrogens with two attached hydrogens (primary N) is 1. The summed E-state index contributed by atoms with van der Waals surface area (Å²) < 4.78 is 18.0. The Labute approximate surface area is 92.0 Å². The molecule has 0 saturated heterocycles. The molecule has 2 N–H and O–H groups in total. The van der Waals surface area contributed by atoms with Gasteiger partial charge in [-0.25, -0.2) is 9.18 Å². The number of hydrogen-bond acceptors (Lipinski definition) is 3. The Kier molecular flexibility index (Phi) is 3.91. The van der Waals surface area contributed by atoms with Gasteiger partial charge in [-0.1, -0.05) is 18.5 Å². The number of hydrogen-bond donors (Lipinski definition) is 1. The van der Waals surface area contributed by atoms with Crippen LogP contribution in [0.2, 0.25) is 5.02 Å². The van der Waals surface area contributed by atoms with E-state index in [0.29, 0.717) is 6.42 Å². The quantitative estimate of drug-likeness (QED) is 0.643. The summed E-state index contributed by atoms with van der Waals surface area (Å²) >= 11 is 5.66. The van der Waals surface area contributed by atoms with Crippen LogP contribution in [0, 0.1) is 5.82 Å². The van der Waals surface area contributed by atoms with E-state index in [4.69, 9.17) is 22.1 Å². The minimum atomic E-state index is -0.783. The molecule has 0 atom stereocenters. The Bertz CT molecular complexity index is 382. The molecule has 15 heavy (non-hydrogen) atoms. The third kappa shape index (κ3) is 2.59. The summed E-state index contributed by atoms with van der Waals surface area (Å²) in [6, 6.07) is 2.38. The number of carbonyl (C=O) groups excluding carboxylic acids is 1. The van der Waals surface area contributed by atoms with Crippen LogP contribution in [0.3, 0.4) is 0 Å². The van der Waals surface area contributed by atoms with Gasteiger partial charge in [-0.2, -0.15) is 0 Å². The van der Waals surface area contributed by atoms with E-state index < -0.39 is 11.8 Å². The highest BCUT2D eigenvalue weighted by Gasteiger charge is 2.18. The second kappa shape index (κ2) is 4.98. The molecule has 0 aliphatic carbocycles. The van der Waals surface area contributed by atoms with Crippen LogP contribution >= 0.6 is 11.6 Å². The molecule has 0 unspecified atom stereocenters. The Morgan fingerprint density at radius 3 is 2.87 bits per heavy atom. The first-order valence-electron chi connectivity index (χ1n) is 4.48. The molecule has 0 heterocycles. The molecule has 3 nitrogen and oxygen atoms in total. The van der Waals surface area contributed by atoms with Crippen molar-refractivity contribution in [3.63, 3.8) is 0 Å². The van der Waals surface area contributed by atoms with Gasteiger partial charge in [-0.15, -0.1) is 0 Å². The minimum Gasteiger partial charge on any atom is -0.462 e. The Morgan fingerprint density at radius 1 is 1.60 bits per heavy atom. The molecule has 0 aliphatic heterocycles. The lowest BCUT2D eigenvalue weighted by Crippen LogP contribution is -2.11. The summed E-state index contributed by atoms with van der Waals surface area (Å²) in [5, 5.41) is 0.139. The molecule has 1 aromatic rings. The molecule has 1 rings (SSSR count). The van der Waals surface area contributed by atoms with Crippen LogP contribution in [0.4, 0.5) is 10.1 Å². The largest absolute Gasteiger partial charge is 0.462 e. The van der Waals surface area contributed by atoms with Crippen molar-refractivity contribution in [2.75, 3.05) is 12.3 Å². The first-order valence-corrected chi connectivity index (χ1v) is 4.86. The lowest BCUT2D eigenvalue weighted by molar-refractivity contribution is 0.0501. The van der Waals surface area contributed by atoms with Crippen molar-refractivity contribution in [1.29, 1.82) is 0 Å². The predicted octanol–water partition coefficient (Wildman–Crippen LogP) is 2.63. The van der Waals surface area contributed by atoms with Gasteiger partial charge in [0, 0.05) is 0 Å². The van der Waals surface area contributed by atoms with E-state index in [1.54, 1.807) is 0 Å². The topological polar surface area (TPSA) is 52.3 Å². The van der Waals surface area contributed by atoms with Crippen LogP contribution in [-0.4, -0.2) is 12.6 Å². The number of halogens is 2. The van der Waals surface area contributed by atoms with Crippen molar-refractivity contribution in [1.82, 2.24) is 0 Å². The fourth-order valence-electron chi connectivity index (χ4n) is 1.04. The molecule has 0 fully saturated rings. The smallest absolute Gasteiger partial charge is 0.343 e. The number of esters is 1. The lowest BCUT2D eigenvalue weighted by Gasteiger charge is -2.08. The van der Waals surface area contributed by atoms with Crippen LogP contribution in [-0.2, 0) is 4.74 Å². The van der Waals surface area contributed by atoms with E-state index in [-0.39, 0.29) is 22.9 Å². The van der Waals surface area contributed by atoms with Gasteiger partial charge in [0.2, 0.25) is 0 Å². The molecule has 82 valence electrons. The van der Waals surface area contributed by atoms with Crippen LogP contribution < -0.4 is 5.73 Å². The van der Waals surface area contributed by atoms with E-state index >= 15 is 0 Å². The average Bonchev–Trinajstić information content (AvgIpc) is 2.21. The zero-order valence-corrected chi connectivity index (χ0v) is 8.97. The Morgan fingerprint density at radius 2 is 2.27 bits per heavy atom. The van der Waals surface area contributed by atoms with Crippen molar-refractivity contribution >= 4 is 23.3 Å². The summed E-state index contributed by atoms with van der Waals surface area (Å²) in [6.45, 7) is 2.06. The number of anilines is 1. The third-order valence-corrected chi connectivity index (χ3v) is 2.11. The van der Waals surface area contributed by atoms with Gasteiger partial charge in [0.25, 0.3) is 0 Å². The first-order chi connectivity index (χ1) is 7.07. The van der Waals surface area contributed by atoms with Gasteiger partial charge in [0.1, 0.15) is 11.4 Å². The second-order valence-electron chi connectivity index (χ2n) is 2.95. The monoisotopic (exact) mass is 231 g/mol. The Hall–Kier alpha value is -1.29. The van der Waals surface area contributed by atoms with Crippen molar-refractivity contribution in [2.24, 2.45) is 0 Å². The van der Waals surface area contributed by atoms with E-state index in [1.807, 2.05) is 6.92 Å². The zero-order valence-electron chi connectivity index (χ0n) is 8.22. The molecule has 0 saturated carbocycles. The summed E-state index contributed by atoms with van der Waals surface area (Å²) in [5.74, 6) is -1.51. The van der Waals surface area contributed by atoms with Gasteiger partial charge in [-0.05, 0) is 18.6 Å². The maximum atomic E-state index is 13.3. The molecule has 0 aliphatic rings. The van der Waals surface area contributed by atoms with Gasteiger partial charge in [0.15, 0.2) is 0 Å². The van der Waals surface area contributed by atoms with Gasteiger partial charge < -0.3 is 10.5 Å². The van der Waals surface area contributed by atoms with Gasteiger partial charge in [0.05, 0.1) is 17.3 Å². The highest BCUT2D eigenvalue weighted by molar-refractivity contribution is 6.33. The normalized spacial score (nSPS) is 10.1. The maximum absolute atomic E-state index is 13.3. The SMILES string of the molecule is CCCOC(=O)c1c(F)ccc(Cl)c1N. The summed E-state index contributed by atoms with van der Waals surface area (Å²) in [4.78, 5) is 11.4. The third-order valence-electron chi connectivity index (χ3n) is 1.78. The maximum Gasteiger partial charge on any atom is 0.343 e. The first kappa shape index (κ1) is 11.8. The molecule has 0 amide bonds. The van der Waals surface area contributed by atoms with Crippen molar-refractivity contribution < 1.29 is 13.9 Å². The molecule has 1 aromatic carbocycles. The molecular weight excluding hydrogens is 221 g/mol. The number of ether oxygens (including phenoxy) is 1. The number of carbonyl (C=O) groups is 1. The fraction of sp³-hybridized carbons (Fsp3) is 0.300. The van der Waals surface area contributed by atoms with E-state index in [9.17, 15) is 9.18 Å². The molecule has 0 aromatic heterocycles. The highest BCUT2D eigenvalue weighted by Crippen LogP contribution is 2.25. The van der Waals surface area contributed by atoms with E-state index in [0.717, 1.165) is 6.07 Å². The number of rotatable bonds is 3. The molecule has 0 bridgehead atoms. The fourth-order valence-corrected chi connectivity index (χ4v) is 1.20. The van der Waals surface area contributed by atoms with Gasteiger partial charge >= 0.3 is 5.97 Å². The van der Waals surface area contributed by atoms with Crippen LogP contribution in [0.1, 0.15) is 23.7 Å². The standard InChI is InChI=1S/C10H11ClFNO2/c1-2-5-15-10(14)8-7(12)4-3-6(11)9(8)13/h3-4H,2,5,13H2,1H3. The van der Waals surface area contributed by atoms with Crippen molar-refractivity contribution in [3.05, 3.63) is 28.5 Å². The predicted molar refractivity (Wildman–Crippen MR) is 56.4 cm³/mol. The van der Waals surface area contributed by atoms with E-state index in [1.165, 1.54) is 6.07 Å². The highest BCUT2D eigenvalue weighted by atomic mass is 35.5. The zero-order chi connectivity index (χ0) is 11.4. The molecule has 5 heteroatoms. The number of nitrogen functional groups attached to an aromatic ring is 1. The van der Waals surface area contributed by atoms with Gasteiger partial charge in [-0.3, -0.25) is 0 Å². The van der Waals surface area contributed by atoms with Crippen molar-refractivity contribution in [3.8, 4) is 0 Å². The minimum absolute atomic E-state index is 0.0854. The lowest BCUT2D eigenvalue weighted by atomic mass is 10.1. The molecule has 0 spiro atoms. The van der Waals surface area contributed by atoms with Crippen LogP contribution in [0.15, 0.2) is 12.1 Å².